The van der Waals surface area contributed by atoms with Gasteiger partial charge in [-0.05, 0) is 49.6 Å². The van der Waals surface area contributed by atoms with E-state index in [9.17, 15) is 14.0 Å². The zero-order valence-electron chi connectivity index (χ0n) is 15.7. The molecule has 0 aromatic heterocycles. The molecule has 5 nitrogen and oxygen atoms in total. The molecule has 2 aromatic carbocycles. The molecule has 1 aliphatic carbocycles. The molecular weight excluding hydrogens is 357 g/mol. The fourth-order valence-electron chi connectivity index (χ4n) is 3.64. The maximum absolute atomic E-state index is 13.9. The zero-order valence-corrected chi connectivity index (χ0v) is 15.7. The first-order valence-electron chi connectivity index (χ1n) is 9.82. The number of hydrogen-bond donors (Lipinski definition) is 1. The third kappa shape index (κ3) is 3.86. The third-order valence-electron chi connectivity index (χ3n) is 5.55. The van der Waals surface area contributed by atoms with Crippen LogP contribution in [0.15, 0.2) is 48.5 Å². The molecule has 2 fully saturated rings. The summed E-state index contributed by atoms with van der Waals surface area (Å²) in [6, 6.07) is 13.8. The lowest BCUT2D eigenvalue weighted by Crippen LogP contribution is -2.49. The Bertz CT molecular complexity index is 864. The Kier molecular flexibility index (Phi) is 5.28. The van der Waals surface area contributed by atoms with Gasteiger partial charge in [-0.3, -0.25) is 9.69 Å². The minimum Gasteiger partial charge on any atom is -0.326 e. The number of carbonyl (C=O) groups is 2. The number of amides is 3. The minimum absolute atomic E-state index is 0.0733. The summed E-state index contributed by atoms with van der Waals surface area (Å²) >= 11 is 0. The maximum Gasteiger partial charge on any atom is 0.324 e. The van der Waals surface area contributed by atoms with Crippen molar-refractivity contribution >= 4 is 23.3 Å². The van der Waals surface area contributed by atoms with Gasteiger partial charge in [0.15, 0.2) is 0 Å². The lowest BCUT2D eigenvalue weighted by atomic mass is 9.85. The van der Waals surface area contributed by atoms with Gasteiger partial charge in [0, 0.05) is 35.9 Å². The van der Waals surface area contributed by atoms with E-state index in [1.165, 1.54) is 6.07 Å². The molecule has 1 saturated carbocycles. The molecule has 0 bridgehead atoms. The molecule has 1 saturated heterocycles. The fourth-order valence-corrected chi connectivity index (χ4v) is 3.64. The standard InChI is InChI=1S/C22H24FN3O2/c23-20-8-2-1-5-17(20)15-25-13-4-14-26(22(25)28)19-11-9-18(10-12-19)24-21(27)16-6-3-7-16/h1-2,5,8-12,16H,3-4,6-7,13-15H2,(H,24,27). The van der Waals surface area contributed by atoms with Crippen molar-refractivity contribution in [3.05, 3.63) is 59.9 Å². The van der Waals surface area contributed by atoms with Crippen LogP contribution < -0.4 is 10.2 Å². The summed E-state index contributed by atoms with van der Waals surface area (Å²) in [4.78, 5) is 28.3. The Labute approximate surface area is 164 Å². The van der Waals surface area contributed by atoms with Gasteiger partial charge in [0.05, 0.1) is 6.54 Å². The number of halogens is 1. The Morgan fingerprint density at radius 2 is 1.79 bits per heavy atom. The summed E-state index contributed by atoms with van der Waals surface area (Å²) in [6.45, 7) is 1.50. The third-order valence-corrected chi connectivity index (χ3v) is 5.55. The molecule has 2 aromatic rings. The van der Waals surface area contributed by atoms with Crippen molar-refractivity contribution in [2.45, 2.75) is 32.2 Å². The summed E-state index contributed by atoms with van der Waals surface area (Å²) in [5.74, 6) is -0.0848. The first-order chi connectivity index (χ1) is 13.6. The summed E-state index contributed by atoms with van der Waals surface area (Å²) < 4.78 is 13.9. The number of carbonyl (C=O) groups excluding carboxylic acids is 2. The molecule has 0 unspecified atom stereocenters. The van der Waals surface area contributed by atoms with Gasteiger partial charge in [0.2, 0.25) is 5.91 Å². The van der Waals surface area contributed by atoms with Crippen LogP contribution >= 0.6 is 0 Å². The molecule has 0 radical (unpaired) electrons. The van der Waals surface area contributed by atoms with Gasteiger partial charge in [-0.2, -0.15) is 0 Å². The van der Waals surface area contributed by atoms with Gasteiger partial charge in [-0.1, -0.05) is 24.6 Å². The lowest BCUT2D eigenvalue weighted by molar-refractivity contribution is -0.122. The van der Waals surface area contributed by atoms with Crippen molar-refractivity contribution in [1.82, 2.24) is 4.90 Å². The molecule has 4 rings (SSSR count). The maximum atomic E-state index is 13.9. The first kappa shape index (κ1) is 18.5. The van der Waals surface area contributed by atoms with E-state index in [-0.39, 0.29) is 30.2 Å². The van der Waals surface area contributed by atoms with Crippen LogP contribution in [0, 0.1) is 11.7 Å². The smallest absolute Gasteiger partial charge is 0.324 e. The van der Waals surface area contributed by atoms with Crippen LogP contribution in [0.2, 0.25) is 0 Å². The Balaban J connectivity index is 1.42. The molecule has 6 heteroatoms. The van der Waals surface area contributed by atoms with Gasteiger partial charge in [-0.25, -0.2) is 9.18 Å². The summed E-state index contributed by atoms with van der Waals surface area (Å²) in [5, 5.41) is 2.94. The highest BCUT2D eigenvalue weighted by Gasteiger charge is 2.28. The number of urea groups is 1. The highest BCUT2D eigenvalue weighted by molar-refractivity contribution is 5.95. The topological polar surface area (TPSA) is 52.7 Å². The molecule has 1 N–H and O–H groups in total. The largest absolute Gasteiger partial charge is 0.326 e. The van der Waals surface area contributed by atoms with Gasteiger partial charge in [0.1, 0.15) is 5.82 Å². The SMILES string of the molecule is O=C(Nc1ccc(N2CCCN(Cc3ccccc3F)C2=O)cc1)C1CCC1. The Morgan fingerprint density at radius 1 is 1.04 bits per heavy atom. The molecule has 1 heterocycles. The van der Waals surface area contributed by atoms with Gasteiger partial charge < -0.3 is 10.2 Å². The molecule has 0 atom stereocenters. The van der Waals surface area contributed by atoms with Crippen LogP contribution in [-0.2, 0) is 11.3 Å². The fraction of sp³-hybridized carbons (Fsp3) is 0.364. The normalized spacial score (nSPS) is 17.4. The van der Waals surface area contributed by atoms with Crippen molar-refractivity contribution in [3.63, 3.8) is 0 Å². The minimum atomic E-state index is -0.293. The number of rotatable bonds is 5. The van der Waals surface area contributed by atoms with Crippen LogP contribution in [0.5, 0.6) is 0 Å². The number of nitrogens with one attached hydrogen (secondary N) is 1. The van der Waals surface area contributed by atoms with Crippen molar-refractivity contribution < 1.29 is 14.0 Å². The summed E-state index contributed by atoms with van der Waals surface area (Å²) in [6.07, 6.45) is 3.87. The predicted molar refractivity (Wildman–Crippen MR) is 107 cm³/mol. The van der Waals surface area contributed by atoms with Crippen LogP contribution in [0.3, 0.4) is 0 Å². The van der Waals surface area contributed by atoms with E-state index in [0.717, 1.165) is 37.1 Å². The van der Waals surface area contributed by atoms with Crippen molar-refractivity contribution in [2.75, 3.05) is 23.3 Å². The average Bonchev–Trinajstić information content (AvgIpc) is 2.64. The van der Waals surface area contributed by atoms with E-state index >= 15 is 0 Å². The highest BCUT2D eigenvalue weighted by Crippen LogP contribution is 2.28. The number of anilines is 2. The number of benzene rings is 2. The van der Waals surface area contributed by atoms with Crippen molar-refractivity contribution in [1.29, 1.82) is 0 Å². The predicted octanol–water partition coefficient (Wildman–Crippen LogP) is 4.40. The van der Waals surface area contributed by atoms with E-state index in [4.69, 9.17) is 0 Å². The van der Waals surface area contributed by atoms with E-state index in [2.05, 4.69) is 5.32 Å². The molecule has 0 spiro atoms. The summed E-state index contributed by atoms with van der Waals surface area (Å²) in [5.41, 5.74) is 2.05. The van der Waals surface area contributed by atoms with Gasteiger partial charge >= 0.3 is 6.03 Å². The van der Waals surface area contributed by atoms with E-state index in [0.29, 0.717) is 18.7 Å². The lowest BCUT2D eigenvalue weighted by Gasteiger charge is -2.35. The highest BCUT2D eigenvalue weighted by atomic mass is 19.1. The molecule has 3 amide bonds. The van der Waals surface area contributed by atoms with E-state index < -0.39 is 0 Å². The van der Waals surface area contributed by atoms with Crippen LogP contribution in [0.25, 0.3) is 0 Å². The van der Waals surface area contributed by atoms with Crippen LogP contribution in [0.1, 0.15) is 31.2 Å². The average molecular weight is 381 g/mol. The van der Waals surface area contributed by atoms with E-state index in [1.54, 1.807) is 28.0 Å². The molecule has 28 heavy (non-hydrogen) atoms. The van der Waals surface area contributed by atoms with Crippen molar-refractivity contribution in [3.8, 4) is 0 Å². The Morgan fingerprint density at radius 3 is 2.46 bits per heavy atom. The van der Waals surface area contributed by atoms with Crippen molar-refractivity contribution in [2.24, 2.45) is 5.92 Å². The first-order valence-corrected chi connectivity index (χ1v) is 9.82. The number of nitrogens with zero attached hydrogens (tertiary/aromatic N) is 2. The second-order valence-electron chi connectivity index (χ2n) is 7.46. The van der Waals surface area contributed by atoms with Crippen LogP contribution in [-0.4, -0.2) is 29.9 Å². The van der Waals surface area contributed by atoms with Gasteiger partial charge in [0.25, 0.3) is 0 Å². The quantitative estimate of drug-likeness (QED) is 0.835. The monoisotopic (exact) mass is 381 g/mol. The van der Waals surface area contributed by atoms with Gasteiger partial charge in [-0.15, -0.1) is 0 Å². The second-order valence-corrected chi connectivity index (χ2v) is 7.46. The second kappa shape index (κ2) is 8.00. The molecule has 1 aliphatic heterocycles. The molecule has 2 aliphatic rings. The van der Waals surface area contributed by atoms with E-state index in [1.807, 2.05) is 24.3 Å². The zero-order chi connectivity index (χ0) is 19.5. The molecule has 146 valence electrons. The summed E-state index contributed by atoms with van der Waals surface area (Å²) in [7, 11) is 0. The van der Waals surface area contributed by atoms with Crippen LogP contribution in [0.4, 0.5) is 20.6 Å². The Hall–Kier alpha value is -2.89. The number of hydrogen-bond acceptors (Lipinski definition) is 2. The molecular formula is C22H24FN3O2.